The van der Waals surface area contributed by atoms with E-state index in [1.807, 2.05) is 10.3 Å². The highest BCUT2D eigenvalue weighted by Crippen LogP contribution is 2.22. The molecule has 2 aromatic rings. The predicted octanol–water partition coefficient (Wildman–Crippen LogP) is -0.116. The lowest BCUT2D eigenvalue weighted by Gasteiger charge is -2.15. The number of rotatable bonds is 6. The molecule has 2 N–H and O–H groups in total. The van der Waals surface area contributed by atoms with Gasteiger partial charge in [0, 0.05) is 25.5 Å². The number of carbonyl (C=O) groups excluding carboxylic acids is 1. The average Bonchev–Trinajstić information content (AvgIpc) is 3.23. The van der Waals surface area contributed by atoms with Crippen LogP contribution in [0.15, 0.2) is 52.6 Å². The van der Waals surface area contributed by atoms with Crippen LogP contribution in [-0.4, -0.2) is 50.1 Å². The first-order valence-corrected chi connectivity index (χ1v) is 10.9. The van der Waals surface area contributed by atoms with Crippen LogP contribution in [0.2, 0.25) is 0 Å². The summed E-state index contributed by atoms with van der Waals surface area (Å²) in [6, 6.07) is 4.79. The molecule has 0 spiro atoms. The molecular weight excluding hydrogens is 394 g/mol. The molecule has 1 fully saturated rings. The third-order valence-electron chi connectivity index (χ3n) is 3.93. The van der Waals surface area contributed by atoms with Crippen molar-refractivity contribution >= 4 is 26.0 Å². The standard InChI is InChI=1S/C15H17N5O5S2/c21-15(14-11-16-7-8-17-14)18-19-26(22,23)12-3-5-13(6-4-12)27(24,25)20-9-1-2-10-20/h3-8,11,19H,1-2,9-10H2,(H,18,21). The van der Waals surface area contributed by atoms with Crippen molar-refractivity contribution in [2.75, 3.05) is 13.1 Å². The summed E-state index contributed by atoms with van der Waals surface area (Å²) in [5, 5.41) is 0. The van der Waals surface area contributed by atoms with Gasteiger partial charge in [-0.3, -0.25) is 15.2 Å². The van der Waals surface area contributed by atoms with E-state index >= 15 is 0 Å². The number of benzene rings is 1. The zero-order valence-corrected chi connectivity index (χ0v) is 15.7. The number of sulfonamides is 2. The molecule has 3 rings (SSSR count). The second-order valence-corrected chi connectivity index (χ2v) is 9.35. The maximum atomic E-state index is 12.5. The topological polar surface area (TPSA) is 138 Å². The van der Waals surface area contributed by atoms with E-state index in [2.05, 4.69) is 9.97 Å². The molecule has 0 radical (unpaired) electrons. The minimum atomic E-state index is -4.08. The van der Waals surface area contributed by atoms with Crippen LogP contribution in [0.3, 0.4) is 0 Å². The van der Waals surface area contributed by atoms with Crippen LogP contribution >= 0.6 is 0 Å². The lowest BCUT2D eigenvalue weighted by molar-refractivity contribution is 0.0939. The molecule has 0 unspecified atom stereocenters. The largest absolute Gasteiger partial charge is 0.286 e. The van der Waals surface area contributed by atoms with Gasteiger partial charge < -0.3 is 0 Å². The van der Waals surface area contributed by atoms with Crippen molar-refractivity contribution in [1.29, 1.82) is 0 Å². The predicted molar refractivity (Wildman–Crippen MR) is 94.3 cm³/mol. The van der Waals surface area contributed by atoms with Crippen LogP contribution in [0.4, 0.5) is 0 Å². The number of nitrogens with one attached hydrogen (secondary N) is 2. The van der Waals surface area contributed by atoms with Gasteiger partial charge in [0.1, 0.15) is 5.69 Å². The van der Waals surface area contributed by atoms with Crippen molar-refractivity contribution in [3.05, 3.63) is 48.5 Å². The van der Waals surface area contributed by atoms with E-state index in [9.17, 15) is 21.6 Å². The summed E-state index contributed by atoms with van der Waals surface area (Å²) in [6.07, 6.45) is 5.46. The molecule has 12 heteroatoms. The van der Waals surface area contributed by atoms with E-state index < -0.39 is 26.0 Å². The summed E-state index contributed by atoms with van der Waals surface area (Å²) in [5.74, 6) is -0.778. The van der Waals surface area contributed by atoms with Crippen LogP contribution in [0.25, 0.3) is 0 Å². The first-order chi connectivity index (χ1) is 12.8. The fourth-order valence-corrected chi connectivity index (χ4v) is 4.88. The Morgan fingerprint density at radius 2 is 1.59 bits per heavy atom. The molecule has 0 atom stereocenters. The minimum absolute atomic E-state index is 0.0203. The monoisotopic (exact) mass is 411 g/mol. The van der Waals surface area contributed by atoms with Crippen molar-refractivity contribution in [3.63, 3.8) is 0 Å². The highest BCUT2D eigenvalue weighted by molar-refractivity contribution is 7.89. The Bertz CT molecular complexity index is 1020. The average molecular weight is 411 g/mol. The quantitative estimate of drug-likeness (QED) is 0.632. The summed E-state index contributed by atoms with van der Waals surface area (Å²) in [4.78, 5) is 21.0. The molecule has 0 bridgehead atoms. The lowest BCUT2D eigenvalue weighted by atomic mass is 10.4. The Morgan fingerprint density at radius 1 is 0.963 bits per heavy atom. The van der Waals surface area contributed by atoms with Gasteiger partial charge in [-0.1, -0.05) is 0 Å². The Morgan fingerprint density at radius 3 is 2.19 bits per heavy atom. The van der Waals surface area contributed by atoms with E-state index in [0.29, 0.717) is 13.1 Å². The second-order valence-electron chi connectivity index (χ2n) is 5.73. The molecule has 1 aliphatic rings. The number of carbonyl (C=O) groups is 1. The molecular formula is C15H17N5O5S2. The zero-order chi connectivity index (χ0) is 19.5. The van der Waals surface area contributed by atoms with E-state index in [-0.39, 0.29) is 15.5 Å². The number of aromatic nitrogens is 2. The third kappa shape index (κ3) is 4.30. The van der Waals surface area contributed by atoms with Crippen LogP contribution in [-0.2, 0) is 20.0 Å². The molecule has 2 heterocycles. The van der Waals surface area contributed by atoms with E-state index in [1.54, 1.807) is 0 Å². The number of hydrogen-bond acceptors (Lipinski definition) is 7. The summed E-state index contributed by atoms with van der Waals surface area (Å²) in [7, 11) is -7.71. The minimum Gasteiger partial charge on any atom is -0.272 e. The molecule has 1 aliphatic heterocycles. The van der Waals surface area contributed by atoms with Gasteiger partial charge in [0.05, 0.1) is 16.0 Å². The molecule has 1 aromatic carbocycles. The molecule has 10 nitrogen and oxygen atoms in total. The fraction of sp³-hybridized carbons (Fsp3) is 0.267. The Hall–Kier alpha value is -2.41. The molecule has 1 saturated heterocycles. The molecule has 1 amide bonds. The Balaban J connectivity index is 1.71. The van der Waals surface area contributed by atoms with Gasteiger partial charge in [0.25, 0.3) is 15.9 Å². The van der Waals surface area contributed by atoms with Crippen LogP contribution in [0.5, 0.6) is 0 Å². The Labute approximate surface area is 156 Å². The van der Waals surface area contributed by atoms with Crippen molar-refractivity contribution in [1.82, 2.24) is 24.5 Å². The van der Waals surface area contributed by atoms with Gasteiger partial charge in [0.15, 0.2) is 0 Å². The van der Waals surface area contributed by atoms with E-state index in [0.717, 1.165) is 12.8 Å². The number of hydrazine groups is 1. The maximum absolute atomic E-state index is 12.5. The van der Waals surface area contributed by atoms with Gasteiger partial charge in [-0.25, -0.2) is 21.8 Å². The van der Waals surface area contributed by atoms with Crippen LogP contribution < -0.4 is 10.3 Å². The van der Waals surface area contributed by atoms with Crippen molar-refractivity contribution in [2.45, 2.75) is 22.6 Å². The normalized spacial score (nSPS) is 15.6. The lowest BCUT2D eigenvalue weighted by Crippen LogP contribution is -2.41. The SMILES string of the molecule is O=C(NNS(=O)(=O)c1ccc(S(=O)(=O)N2CCCC2)cc1)c1cnccn1. The summed E-state index contributed by atoms with van der Waals surface area (Å²) in [5.41, 5.74) is 1.96. The number of amides is 1. The van der Waals surface area contributed by atoms with Gasteiger partial charge in [-0.05, 0) is 37.1 Å². The fourth-order valence-electron chi connectivity index (χ4n) is 2.52. The summed E-state index contributed by atoms with van der Waals surface area (Å²) in [6.45, 7) is 0.913. The number of nitrogens with zero attached hydrogens (tertiary/aromatic N) is 3. The van der Waals surface area contributed by atoms with E-state index in [4.69, 9.17) is 0 Å². The molecule has 27 heavy (non-hydrogen) atoms. The highest BCUT2D eigenvalue weighted by atomic mass is 32.2. The molecule has 1 aromatic heterocycles. The summed E-state index contributed by atoms with van der Waals surface area (Å²) >= 11 is 0. The molecule has 0 saturated carbocycles. The van der Waals surface area contributed by atoms with Crippen molar-refractivity contribution in [2.24, 2.45) is 0 Å². The van der Waals surface area contributed by atoms with Gasteiger partial charge >= 0.3 is 0 Å². The zero-order valence-electron chi connectivity index (χ0n) is 14.1. The van der Waals surface area contributed by atoms with Crippen molar-refractivity contribution < 1.29 is 21.6 Å². The first-order valence-electron chi connectivity index (χ1n) is 7.99. The van der Waals surface area contributed by atoms with Gasteiger partial charge in [0.2, 0.25) is 10.0 Å². The first kappa shape index (κ1) is 19.4. The third-order valence-corrected chi connectivity index (χ3v) is 7.11. The molecule has 0 aliphatic carbocycles. The highest BCUT2D eigenvalue weighted by Gasteiger charge is 2.27. The maximum Gasteiger partial charge on any atom is 0.286 e. The second kappa shape index (κ2) is 7.68. The molecule has 144 valence electrons. The number of hydrogen-bond donors (Lipinski definition) is 2. The van der Waals surface area contributed by atoms with Crippen LogP contribution in [0, 0.1) is 0 Å². The van der Waals surface area contributed by atoms with Gasteiger partial charge in [-0.2, -0.15) is 4.31 Å². The van der Waals surface area contributed by atoms with Crippen molar-refractivity contribution in [3.8, 4) is 0 Å². The van der Waals surface area contributed by atoms with Crippen LogP contribution in [0.1, 0.15) is 23.3 Å². The smallest absolute Gasteiger partial charge is 0.272 e. The summed E-state index contributed by atoms with van der Waals surface area (Å²) < 4.78 is 50.8. The van der Waals surface area contributed by atoms with E-state index in [1.165, 1.54) is 47.2 Å². The van der Waals surface area contributed by atoms with Gasteiger partial charge in [-0.15, -0.1) is 4.83 Å². The Kier molecular flexibility index (Phi) is 5.51.